The van der Waals surface area contributed by atoms with Crippen LogP contribution in [0.15, 0.2) is 23.1 Å². The van der Waals surface area contributed by atoms with Crippen LogP contribution in [0.4, 0.5) is 0 Å². The summed E-state index contributed by atoms with van der Waals surface area (Å²) in [6.45, 7) is 1.74. The maximum Gasteiger partial charge on any atom is 0.335 e. The Balaban J connectivity index is 3.38. The molecule has 0 aliphatic carbocycles. The van der Waals surface area contributed by atoms with Gasteiger partial charge in [-0.2, -0.15) is 0 Å². The molecule has 0 heterocycles. The minimum atomic E-state index is -3.50. The van der Waals surface area contributed by atoms with Gasteiger partial charge in [-0.1, -0.05) is 6.92 Å². The molecule has 0 saturated carbocycles. The molecule has 0 unspecified atom stereocenters. The van der Waals surface area contributed by atoms with Crippen molar-refractivity contribution in [2.45, 2.75) is 18.2 Å². The number of hydrogen-bond acceptors (Lipinski definition) is 4. The van der Waals surface area contributed by atoms with Crippen LogP contribution in [0.1, 0.15) is 23.7 Å². The Morgan fingerprint density at radius 2 is 2.06 bits per heavy atom. The molecule has 0 atom stereocenters. The number of ether oxygens (including phenoxy) is 1. The van der Waals surface area contributed by atoms with E-state index >= 15 is 0 Å². The molecular weight excluding hydrogens is 244 g/mol. The largest absolute Gasteiger partial charge is 0.495 e. The lowest BCUT2D eigenvalue weighted by molar-refractivity contribution is 0.0696. The van der Waals surface area contributed by atoms with Crippen LogP contribution in [0.25, 0.3) is 0 Å². The van der Waals surface area contributed by atoms with Crippen LogP contribution in [-0.4, -0.2) is 32.4 Å². The topological polar surface area (TPSA) is 80.7 Å². The second-order valence-corrected chi connectivity index (χ2v) is 5.57. The predicted octanol–water partition coefficient (Wildman–Crippen LogP) is 1.58. The van der Waals surface area contributed by atoms with E-state index in [0.29, 0.717) is 6.42 Å². The van der Waals surface area contributed by atoms with E-state index in [1.807, 2.05) is 0 Å². The third-order valence-electron chi connectivity index (χ3n) is 2.22. The Kier molecular flexibility index (Phi) is 4.11. The first-order valence-corrected chi connectivity index (χ1v) is 6.71. The van der Waals surface area contributed by atoms with Crippen LogP contribution in [0, 0.1) is 0 Å². The van der Waals surface area contributed by atoms with Crippen molar-refractivity contribution in [3.8, 4) is 5.75 Å². The smallest absolute Gasteiger partial charge is 0.335 e. The first-order valence-electron chi connectivity index (χ1n) is 5.06. The summed E-state index contributed by atoms with van der Waals surface area (Å²) < 4.78 is 28.8. The van der Waals surface area contributed by atoms with Crippen molar-refractivity contribution in [2.75, 3.05) is 12.9 Å². The van der Waals surface area contributed by atoms with Crippen molar-refractivity contribution in [1.82, 2.24) is 0 Å². The van der Waals surface area contributed by atoms with Gasteiger partial charge in [0.1, 0.15) is 10.6 Å². The highest BCUT2D eigenvalue weighted by atomic mass is 32.2. The number of sulfone groups is 1. The van der Waals surface area contributed by atoms with Gasteiger partial charge in [0.2, 0.25) is 0 Å². The lowest BCUT2D eigenvalue weighted by Gasteiger charge is -2.09. The fourth-order valence-corrected chi connectivity index (χ4v) is 2.95. The van der Waals surface area contributed by atoms with E-state index in [-0.39, 0.29) is 22.0 Å². The summed E-state index contributed by atoms with van der Waals surface area (Å²) in [5.41, 5.74) is -0.0690. The van der Waals surface area contributed by atoms with Gasteiger partial charge in [0.15, 0.2) is 9.84 Å². The number of carboxylic acid groups (broad SMARTS) is 1. The number of aromatic carboxylic acids is 1. The Morgan fingerprint density at radius 3 is 2.53 bits per heavy atom. The van der Waals surface area contributed by atoms with Crippen LogP contribution in [-0.2, 0) is 9.84 Å². The van der Waals surface area contributed by atoms with Crippen molar-refractivity contribution >= 4 is 15.8 Å². The van der Waals surface area contributed by atoms with Crippen molar-refractivity contribution in [3.63, 3.8) is 0 Å². The Hall–Kier alpha value is -1.56. The highest BCUT2D eigenvalue weighted by Gasteiger charge is 2.20. The zero-order valence-corrected chi connectivity index (χ0v) is 10.5. The Morgan fingerprint density at radius 1 is 1.41 bits per heavy atom. The summed E-state index contributed by atoms with van der Waals surface area (Å²) in [6.07, 6.45) is 0.461. The molecule has 94 valence electrons. The Bertz CT molecular complexity index is 519. The van der Waals surface area contributed by atoms with E-state index in [2.05, 4.69) is 0 Å². The van der Waals surface area contributed by atoms with E-state index in [0.717, 1.165) is 6.07 Å². The highest BCUT2D eigenvalue weighted by molar-refractivity contribution is 7.91. The molecule has 1 aromatic carbocycles. The second kappa shape index (κ2) is 5.18. The monoisotopic (exact) mass is 258 g/mol. The van der Waals surface area contributed by atoms with Crippen molar-refractivity contribution < 1.29 is 23.1 Å². The molecule has 0 radical (unpaired) electrons. The molecule has 0 spiro atoms. The molecular formula is C11H14O5S. The van der Waals surface area contributed by atoms with E-state index in [1.54, 1.807) is 6.92 Å². The van der Waals surface area contributed by atoms with Gasteiger partial charge in [0.05, 0.1) is 18.4 Å². The van der Waals surface area contributed by atoms with Gasteiger partial charge in [-0.3, -0.25) is 0 Å². The molecule has 0 aromatic heterocycles. The maximum absolute atomic E-state index is 11.9. The predicted molar refractivity (Wildman–Crippen MR) is 62.3 cm³/mol. The minimum Gasteiger partial charge on any atom is -0.495 e. The number of carboxylic acids is 1. The molecule has 0 saturated heterocycles. The third kappa shape index (κ3) is 2.97. The Labute approximate surface area is 100.0 Å². The maximum atomic E-state index is 11.9. The molecule has 1 rings (SSSR count). The van der Waals surface area contributed by atoms with Crippen molar-refractivity contribution in [2.24, 2.45) is 0 Å². The summed E-state index contributed by atoms with van der Waals surface area (Å²) >= 11 is 0. The molecule has 0 aliphatic rings. The summed E-state index contributed by atoms with van der Waals surface area (Å²) in [7, 11) is -2.15. The number of benzene rings is 1. The summed E-state index contributed by atoms with van der Waals surface area (Å²) in [6, 6.07) is 3.80. The lowest BCUT2D eigenvalue weighted by Crippen LogP contribution is -2.09. The first kappa shape index (κ1) is 13.5. The summed E-state index contributed by atoms with van der Waals surface area (Å²) in [4.78, 5) is 10.7. The molecule has 0 amide bonds. The number of hydrogen-bond donors (Lipinski definition) is 1. The standard InChI is InChI=1S/C11H14O5S/c1-3-6-17(14,15)10-7-8(11(12)13)4-5-9(10)16-2/h4-5,7H,3,6H2,1-2H3,(H,12,13). The van der Waals surface area contributed by atoms with Crippen molar-refractivity contribution in [3.05, 3.63) is 23.8 Å². The van der Waals surface area contributed by atoms with Crippen LogP contribution < -0.4 is 4.74 Å². The van der Waals surface area contributed by atoms with E-state index in [4.69, 9.17) is 9.84 Å². The molecule has 0 aliphatic heterocycles. The average molecular weight is 258 g/mol. The van der Waals surface area contributed by atoms with Crippen molar-refractivity contribution in [1.29, 1.82) is 0 Å². The van der Waals surface area contributed by atoms with Gasteiger partial charge in [-0.05, 0) is 24.6 Å². The first-order chi connectivity index (χ1) is 7.92. The normalized spacial score (nSPS) is 11.2. The van der Waals surface area contributed by atoms with Gasteiger partial charge in [0, 0.05) is 0 Å². The zero-order valence-electron chi connectivity index (χ0n) is 9.63. The highest BCUT2D eigenvalue weighted by Crippen LogP contribution is 2.26. The van der Waals surface area contributed by atoms with Gasteiger partial charge in [0.25, 0.3) is 0 Å². The molecule has 17 heavy (non-hydrogen) atoms. The van der Waals surface area contributed by atoms with Crippen LogP contribution >= 0.6 is 0 Å². The van der Waals surface area contributed by atoms with E-state index in [1.165, 1.54) is 19.2 Å². The second-order valence-electron chi connectivity index (χ2n) is 3.49. The number of carbonyl (C=O) groups is 1. The van der Waals surface area contributed by atoms with Gasteiger partial charge < -0.3 is 9.84 Å². The van der Waals surface area contributed by atoms with Crippen LogP contribution in [0.3, 0.4) is 0 Å². The van der Waals surface area contributed by atoms with E-state index in [9.17, 15) is 13.2 Å². The fraction of sp³-hybridized carbons (Fsp3) is 0.364. The average Bonchev–Trinajstić information content (AvgIpc) is 2.28. The van der Waals surface area contributed by atoms with Crippen LogP contribution in [0.5, 0.6) is 5.75 Å². The molecule has 1 N–H and O–H groups in total. The van der Waals surface area contributed by atoms with Crippen LogP contribution in [0.2, 0.25) is 0 Å². The summed E-state index contributed by atoms with van der Waals surface area (Å²) in [5, 5.41) is 8.83. The fourth-order valence-electron chi connectivity index (χ4n) is 1.43. The number of rotatable bonds is 5. The number of methoxy groups -OCH3 is 1. The van der Waals surface area contributed by atoms with Gasteiger partial charge >= 0.3 is 5.97 Å². The van der Waals surface area contributed by atoms with Gasteiger partial charge in [-0.25, -0.2) is 13.2 Å². The third-order valence-corrected chi connectivity index (χ3v) is 4.15. The molecule has 5 nitrogen and oxygen atoms in total. The SMILES string of the molecule is CCCS(=O)(=O)c1cc(C(=O)O)ccc1OC. The zero-order chi connectivity index (χ0) is 13.1. The minimum absolute atomic E-state index is 0.0353. The quantitative estimate of drug-likeness (QED) is 0.867. The lowest BCUT2D eigenvalue weighted by atomic mass is 10.2. The van der Waals surface area contributed by atoms with E-state index < -0.39 is 15.8 Å². The molecule has 0 fully saturated rings. The summed E-state index contributed by atoms with van der Waals surface area (Å²) in [5.74, 6) is -1.03. The molecule has 6 heteroatoms. The van der Waals surface area contributed by atoms with Gasteiger partial charge in [-0.15, -0.1) is 0 Å². The molecule has 1 aromatic rings. The molecule has 0 bridgehead atoms.